The van der Waals surface area contributed by atoms with Crippen LogP contribution in [0.5, 0.6) is 0 Å². The molecule has 0 aromatic heterocycles. The van der Waals surface area contributed by atoms with Gasteiger partial charge in [0, 0.05) is 14.2 Å². The van der Waals surface area contributed by atoms with Crippen LogP contribution in [0.4, 0.5) is 4.79 Å². The van der Waals surface area contributed by atoms with Gasteiger partial charge in [-0.05, 0) is 0 Å². The predicted octanol–water partition coefficient (Wildman–Crippen LogP) is -1.60. The second kappa shape index (κ2) is 5.87. The van der Waals surface area contributed by atoms with Crippen molar-refractivity contribution in [2.45, 2.75) is 24.5 Å². The molecule has 1 rings (SSSR count). The molecule has 1 aliphatic heterocycles. The van der Waals surface area contributed by atoms with Crippen molar-refractivity contribution >= 4 is 6.03 Å². The molecule has 1 fully saturated rings. The highest BCUT2D eigenvalue weighted by Gasteiger charge is 2.40. The topological polar surface area (TPSA) is 121 Å². The minimum Gasteiger partial charge on any atom is -0.388 e. The number of hydrogen-bond acceptors (Lipinski definition) is 7. The number of aliphatic hydroxyl groups excluding tert-OH is 2. The Balaban J connectivity index is 2.66. The van der Waals surface area contributed by atoms with Gasteiger partial charge in [0.15, 0.2) is 6.29 Å². The molecule has 0 radical (unpaired) electrons. The Bertz CT molecular complexity index is 288. The van der Waals surface area contributed by atoms with E-state index in [2.05, 4.69) is 10.6 Å². The molecule has 0 aliphatic carbocycles. The summed E-state index contributed by atoms with van der Waals surface area (Å²) in [5.74, 6) is 0. The Hall–Kier alpha value is -1.29. The number of hydrogen-bond donors (Lipinski definition) is 3. The largest absolute Gasteiger partial charge is 0.388 e. The molecule has 98 valence electrons. The van der Waals surface area contributed by atoms with E-state index in [1.807, 2.05) is 0 Å². The molecule has 1 aliphatic rings. The van der Waals surface area contributed by atoms with Gasteiger partial charge in [0.25, 0.3) is 0 Å². The number of methoxy groups -OCH3 is 1. The Morgan fingerprint density at radius 2 is 2.24 bits per heavy atom. The summed E-state index contributed by atoms with van der Waals surface area (Å²) in [5, 5.41) is 24.5. The molecule has 0 bridgehead atoms. The average molecular weight is 249 g/mol. The summed E-state index contributed by atoms with van der Waals surface area (Å²) in [6.07, 6.45) is -3.29. The van der Waals surface area contributed by atoms with E-state index in [9.17, 15) is 19.9 Å². The fourth-order valence-corrected chi connectivity index (χ4v) is 1.45. The lowest BCUT2D eigenvalue weighted by Crippen LogP contribution is -2.61. The number of nitroso groups, excluding NO2 is 1. The van der Waals surface area contributed by atoms with E-state index in [1.54, 1.807) is 0 Å². The molecule has 0 spiro atoms. The van der Waals surface area contributed by atoms with Crippen LogP contribution in [0.25, 0.3) is 0 Å². The molecule has 3 N–H and O–H groups in total. The number of ether oxygens (including phenoxy) is 2. The predicted molar refractivity (Wildman–Crippen MR) is 54.6 cm³/mol. The van der Waals surface area contributed by atoms with Crippen molar-refractivity contribution in [3.8, 4) is 0 Å². The third-order valence-corrected chi connectivity index (χ3v) is 2.43. The highest BCUT2D eigenvalue weighted by molar-refractivity contribution is 5.73. The summed E-state index contributed by atoms with van der Waals surface area (Å²) in [6, 6.07) is -1.83. The number of nitrogens with zero attached hydrogens (tertiary/aromatic N) is 2. The van der Waals surface area contributed by atoms with Crippen molar-refractivity contribution < 1.29 is 24.5 Å². The SMILES string of the molecule is CO[C@H]1OC[C@H](O)[C@H](NC(=O)N(C)N=O)[C@H]1O. The van der Waals surface area contributed by atoms with Gasteiger partial charge in [-0.3, -0.25) is 0 Å². The van der Waals surface area contributed by atoms with Crippen LogP contribution < -0.4 is 5.32 Å². The number of carbonyl (C=O) groups excluding carboxylic acids is 1. The van der Waals surface area contributed by atoms with Gasteiger partial charge in [-0.15, -0.1) is 4.91 Å². The zero-order chi connectivity index (χ0) is 13.0. The van der Waals surface area contributed by atoms with Gasteiger partial charge in [-0.2, -0.15) is 5.01 Å². The molecule has 2 amide bonds. The molecule has 4 atom stereocenters. The van der Waals surface area contributed by atoms with Gasteiger partial charge in [-0.1, -0.05) is 0 Å². The zero-order valence-corrected chi connectivity index (χ0v) is 9.44. The Kier molecular flexibility index (Phi) is 4.75. The molecule has 1 heterocycles. The van der Waals surface area contributed by atoms with Crippen LogP contribution in [-0.4, -0.2) is 66.6 Å². The van der Waals surface area contributed by atoms with Gasteiger partial charge >= 0.3 is 6.03 Å². The lowest BCUT2D eigenvalue weighted by atomic mass is 10.0. The first kappa shape index (κ1) is 13.8. The van der Waals surface area contributed by atoms with Crippen LogP contribution in [0, 0.1) is 4.91 Å². The molecule has 0 saturated carbocycles. The van der Waals surface area contributed by atoms with Crippen molar-refractivity contribution in [1.29, 1.82) is 0 Å². The minimum absolute atomic E-state index is 0.0985. The summed E-state index contributed by atoms with van der Waals surface area (Å²) in [6.45, 7) is -0.0985. The molecule has 0 aromatic rings. The molecular formula is C8H15N3O6. The van der Waals surface area contributed by atoms with Gasteiger partial charge in [0.2, 0.25) is 0 Å². The molecule has 9 nitrogen and oxygen atoms in total. The van der Waals surface area contributed by atoms with Crippen LogP contribution in [0.15, 0.2) is 5.29 Å². The molecular weight excluding hydrogens is 234 g/mol. The molecule has 0 unspecified atom stereocenters. The number of aliphatic hydroxyl groups is 2. The first-order valence-corrected chi connectivity index (χ1v) is 4.89. The van der Waals surface area contributed by atoms with Crippen molar-refractivity contribution in [2.75, 3.05) is 20.8 Å². The van der Waals surface area contributed by atoms with E-state index in [4.69, 9.17) is 9.47 Å². The molecule has 1 saturated heterocycles. The number of nitrogens with one attached hydrogen (secondary N) is 1. The van der Waals surface area contributed by atoms with Crippen LogP contribution in [0.3, 0.4) is 0 Å². The quantitative estimate of drug-likeness (QED) is 0.409. The van der Waals surface area contributed by atoms with Gasteiger partial charge in [-0.25, -0.2) is 4.79 Å². The van der Waals surface area contributed by atoms with Crippen LogP contribution in [0.1, 0.15) is 0 Å². The van der Waals surface area contributed by atoms with Crippen LogP contribution in [-0.2, 0) is 9.47 Å². The van der Waals surface area contributed by atoms with E-state index in [-0.39, 0.29) is 6.61 Å². The molecule has 9 heteroatoms. The minimum atomic E-state index is -1.24. The highest BCUT2D eigenvalue weighted by Crippen LogP contribution is 2.16. The highest BCUT2D eigenvalue weighted by atomic mass is 16.7. The van der Waals surface area contributed by atoms with Crippen molar-refractivity contribution in [2.24, 2.45) is 5.29 Å². The number of rotatable bonds is 3. The zero-order valence-electron chi connectivity index (χ0n) is 9.44. The van der Waals surface area contributed by atoms with Crippen molar-refractivity contribution in [1.82, 2.24) is 10.3 Å². The summed E-state index contributed by atoms with van der Waals surface area (Å²) in [4.78, 5) is 21.5. The summed E-state index contributed by atoms with van der Waals surface area (Å²) in [7, 11) is 2.47. The third-order valence-electron chi connectivity index (χ3n) is 2.43. The lowest BCUT2D eigenvalue weighted by molar-refractivity contribution is -0.234. The summed E-state index contributed by atoms with van der Waals surface area (Å²) in [5.41, 5.74) is 0. The van der Waals surface area contributed by atoms with Gasteiger partial charge in [0.1, 0.15) is 12.2 Å². The second-order valence-electron chi connectivity index (χ2n) is 3.58. The Morgan fingerprint density at radius 1 is 1.59 bits per heavy atom. The molecule has 0 aromatic carbocycles. The Labute approximate surface area is 97.2 Å². The monoisotopic (exact) mass is 249 g/mol. The van der Waals surface area contributed by atoms with E-state index < -0.39 is 30.6 Å². The average Bonchev–Trinajstić information content (AvgIpc) is 2.33. The fraction of sp³-hybridized carbons (Fsp3) is 0.875. The maximum Gasteiger partial charge on any atom is 0.340 e. The van der Waals surface area contributed by atoms with Gasteiger partial charge < -0.3 is 25.0 Å². The number of carbonyl (C=O) groups is 1. The lowest BCUT2D eigenvalue weighted by Gasteiger charge is -2.37. The maximum absolute atomic E-state index is 11.3. The molecule has 17 heavy (non-hydrogen) atoms. The Morgan fingerprint density at radius 3 is 2.76 bits per heavy atom. The summed E-state index contributed by atoms with van der Waals surface area (Å²) < 4.78 is 9.79. The van der Waals surface area contributed by atoms with E-state index in [0.29, 0.717) is 5.01 Å². The van der Waals surface area contributed by atoms with E-state index in [1.165, 1.54) is 7.11 Å². The standard InChI is InChI=1S/C8H15N3O6/c1-11(10-15)8(14)9-5-4(12)3-17-7(16-2)6(5)13/h4-7,12-13H,3H2,1-2H3,(H,9,14)/t4-,5-,6+,7-/m0/s1. The van der Waals surface area contributed by atoms with Crippen LogP contribution in [0.2, 0.25) is 0 Å². The fourth-order valence-electron chi connectivity index (χ4n) is 1.45. The number of amides is 2. The van der Waals surface area contributed by atoms with Gasteiger partial charge in [0.05, 0.1) is 17.9 Å². The smallest absolute Gasteiger partial charge is 0.340 e. The van der Waals surface area contributed by atoms with Crippen LogP contribution >= 0.6 is 0 Å². The van der Waals surface area contributed by atoms with Crippen molar-refractivity contribution in [3.05, 3.63) is 4.91 Å². The maximum atomic E-state index is 11.3. The number of urea groups is 1. The summed E-state index contributed by atoms with van der Waals surface area (Å²) >= 11 is 0. The van der Waals surface area contributed by atoms with Crippen molar-refractivity contribution in [3.63, 3.8) is 0 Å². The van der Waals surface area contributed by atoms with E-state index >= 15 is 0 Å². The normalized spacial score (nSPS) is 32.9. The van der Waals surface area contributed by atoms with E-state index in [0.717, 1.165) is 7.05 Å². The first-order valence-electron chi connectivity index (χ1n) is 4.89. The second-order valence-corrected chi connectivity index (χ2v) is 3.58. The third kappa shape index (κ3) is 3.09. The first-order chi connectivity index (χ1) is 8.01.